The SMILES string of the molecule is C/C=C/CN1C=C(c2cc(C(=O)NCC)ccc2OC)C2=CC=NC2C1=O. The maximum absolute atomic E-state index is 12.7. The van der Waals surface area contributed by atoms with E-state index < -0.39 is 6.04 Å². The molecule has 6 heteroatoms. The van der Waals surface area contributed by atoms with E-state index in [2.05, 4.69) is 10.3 Å². The van der Waals surface area contributed by atoms with Gasteiger partial charge >= 0.3 is 0 Å². The van der Waals surface area contributed by atoms with Crippen molar-refractivity contribution in [3.05, 3.63) is 59.3 Å². The Balaban J connectivity index is 2.10. The van der Waals surface area contributed by atoms with Gasteiger partial charge in [0.05, 0.1) is 7.11 Å². The van der Waals surface area contributed by atoms with Crippen LogP contribution in [0.25, 0.3) is 5.57 Å². The van der Waals surface area contributed by atoms with Crippen molar-refractivity contribution in [2.45, 2.75) is 19.9 Å². The third-order valence-electron chi connectivity index (χ3n) is 4.52. The number of ether oxygens (including phenoxy) is 1. The van der Waals surface area contributed by atoms with E-state index in [0.29, 0.717) is 24.4 Å². The second-order valence-corrected chi connectivity index (χ2v) is 6.20. The van der Waals surface area contributed by atoms with Crippen LogP contribution in [0.15, 0.2) is 53.2 Å². The van der Waals surface area contributed by atoms with E-state index in [1.54, 1.807) is 36.4 Å². The molecule has 140 valence electrons. The molecule has 0 saturated heterocycles. The molecule has 1 aromatic carbocycles. The Labute approximate surface area is 158 Å². The van der Waals surface area contributed by atoms with Crippen LogP contribution in [-0.4, -0.2) is 49.2 Å². The van der Waals surface area contributed by atoms with Gasteiger partial charge in [0.2, 0.25) is 0 Å². The number of benzene rings is 1. The normalized spacial score (nSPS) is 18.4. The van der Waals surface area contributed by atoms with E-state index >= 15 is 0 Å². The van der Waals surface area contributed by atoms with Crippen molar-refractivity contribution in [2.24, 2.45) is 4.99 Å². The molecule has 3 rings (SSSR count). The highest BCUT2D eigenvalue weighted by molar-refractivity contribution is 6.05. The Morgan fingerprint density at radius 2 is 2.22 bits per heavy atom. The van der Waals surface area contributed by atoms with Crippen molar-refractivity contribution in [3.8, 4) is 5.75 Å². The monoisotopic (exact) mass is 365 g/mol. The number of carbonyl (C=O) groups is 2. The van der Waals surface area contributed by atoms with Crippen LogP contribution in [0.1, 0.15) is 29.8 Å². The maximum Gasteiger partial charge on any atom is 0.256 e. The third kappa shape index (κ3) is 3.56. The lowest BCUT2D eigenvalue weighted by atomic mass is 9.89. The summed E-state index contributed by atoms with van der Waals surface area (Å²) in [6.45, 7) is 4.81. The number of nitrogens with zero attached hydrogens (tertiary/aromatic N) is 2. The van der Waals surface area contributed by atoms with Crippen molar-refractivity contribution in [2.75, 3.05) is 20.2 Å². The number of methoxy groups -OCH3 is 1. The standard InChI is InChI=1S/C21H23N3O3/c1-4-6-11-24-13-17(15-9-10-23-19(15)21(24)26)16-12-14(20(25)22-5-2)7-8-18(16)27-3/h4,6-10,12-13,19H,5,11H2,1-3H3,(H,22,25)/b6-4+. The summed E-state index contributed by atoms with van der Waals surface area (Å²) in [6, 6.07) is 4.76. The highest BCUT2D eigenvalue weighted by atomic mass is 16.5. The lowest BCUT2D eigenvalue weighted by Gasteiger charge is -2.29. The van der Waals surface area contributed by atoms with Gasteiger partial charge < -0.3 is 15.0 Å². The van der Waals surface area contributed by atoms with Crippen LogP contribution in [0, 0.1) is 0 Å². The molecule has 1 atom stereocenters. The van der Waals surface area contributed by atoms with E-state index in [1.165, 1.54) is 0 Å². The van der Waals surface area contributed by atoms with Gasteiger partial charge in [0.15, 0.2) is 6.04 Å². The zero-order valence-electron chi connectivity index (χ0n) is 15.7. The molecule has 0 bridgehead atoms. The van der Waals surface area contributed by atoms with Crippen LogP contribution in [0.5, 0.6) is 5.75 Å². The summed E-state index contributed by atoms with van der Waals surface area (Å²) in [5, 5.41) is 2.81. The predicted octanol–water partition coefficient (Wildman–Crippen LogP) is 2.58. The van der Waals surface area contributed by atoms with E-state index in [4.69, 9.17) is 4.74 Å². The van der Waals surface area contributed by atoms with Gasteiger partial charge in [-0.2, -0.15) is 0 Å². The molecule has 1 N–H and O–H groups in total. The first-order chi connectivity index (χ1) is 13.1. The fourth-order valence-corrected chi connectivity index (χ4v) is 3.17. The van der Waals surface area contributed by atoms with Crippen LogP contribution < -0.4 is 10.1 Å². The fraction of sp³-hybridized carbons (Fsp3) is 0.286. The molecule has 2 amide bonds. The molecule has 2 aliphatic heterocycles. The van der Waals surface area contributed by atoms with Crippen molar-refractivity contribution in [3.63, 3.8) is 0 Å². The van der Waals surface area contributed by atoms with Crippen LogP contribution in [0.4, 0.5) is 0 Å². The average molecular weight is 365 g/mol. The van der Waals surface area contributed by atoms with Crippen molar-refractivity contribution >= 4 is 23.6 Å². The number of amides is 2. The van der Waals surface area contributed by atoms with Crippen molar-refractivity contribution in [1.29, 1.82) is 0 Å². The first-order valence-corrected chi connectivity index (χ1v) is 8.94. The smallest absolute Gasteiger partial charge is 0.256 e. The third-order valence-corrected chi connectivity index (χ3v) is 4.52. The van der Waals surface area contributed by atoms with Crippen LogP contribution in [-0.2, 0) is 4.79 Å². The lowest BCUT2D eigenvalue weighted by molar-refractivity contribution is -0.128. The number of allylic oxidation sites excluding steroid dienone is 2. The Hall–Kier alpha value is -3.15. The second-order valence-electron chi connectivity index (χ2n) is 6.20. The molecular formula is C21H23N3O3. The van der Waals surface area contributed by atoms with E-state index in [0.717, 1.165) is 16.7 Å². The quantitative estimate of drug-likeness (QED) is 0.788. The lowest BCUT2D eigenvalue weighted by Crippen LogP contribution is -2.39. The molecule has 6 nitrogen and oxygen atoms in total. The minimum atomic E-state index is -0.548. The van der Waals surface area contributed by atoms with Gasteiger partial charge in [0, 0.05) is 42.2 Å². The minimum Gasteiger partial charge on any atom is -0.496 e. The molecule has 0 aliphatic carbocycles. The molecular weight excluding hydrogens is 342 g/mol. The maximum atomic E-state index is 12.7. The number of fused-ring (bicyclic) bond motifs is 1. The molecule has 2 aliphatic rings. The summed E-state index contributed by atoms with van der Waals surface area (Å²) in [5.41, 5.74) is 2.97. The largest absolute Gasteiger partial charge is 0.496 e. The predicted molar refractivity (Wildman–Crippen MR) is 106 cm³/mol. The van der Waals surface area contributed by atoms with E-state index in [1.807, 2.05) is 38.3 Å². The number of aliphatic imine (C=N–C) groups is 1. The second kappa shape index (κ2) is 8.03. The first-order valence-electron chi connectivity index (χ1n) is 8.94. The summed E-state index contributed by atoms with van der Waals surface area (Å²) in [5.74, 6) is 0.435. The van der Waals surface area contributed by atoms with E-state index in [-0.39, 0.29) is 11.8 Å². The summed E-state index contributed by atoms with van der Waals surface area (Å²) < 4.78 is 5.53. The first kappa shape index (κ1) is 18.6. The van der Waals surface area contributed by atoms with Gasteiger partial charge in [0.25, 0.3) is 11.8 Å². The Morgan fingerprint density at radius 1 is 1.41 bits per heavy atom. The van der Waals surface area contributed by atoms with Crippen LogP contribution in [0.3, 0.4) is 0 Å². The molecule has 0 aromatic heterocycles. The molecule has 0 radical (unpaired) electrons. The van der Waals surface area contributed by atoms with Gasteiger partial charge in [-0.05, 0) is 43.7 Å². The number of hydrogen-bond acceptors (Lipinski definition) is 4. The van der Waals surface area contributed by atoms with Crippen molar-refractivity contribution < 1.29 is 14.3 Å². The number of nitrogens with one attached hydrogen (secondary N) is 1. The van der Waals surface area contributed by atoms with Gasteiger partial charge in [-0.1, -0.05) is 12.2 Å². The number of carbonyl (C=O) groups excluding carboxylic acids is 2. The summed E-state index contributed by atoms with van der Waals surface area (Å²) in [4.78, 5) is 31.0. The van der Waals surface area contributed by atoms with Gasteiger partial charge in [-0.15, -0.1) is 0 Å². The van der Waals surface area contributed by atoms with Crippen molar-refractivity contribution in [1.82, 2.24) is 10.2 Å². The zero-order chi connectivity index (χ0) is 19.4. The zero-order valence-corrected chi connectivity index (χ0v) is 15.7. The Kier molecular flexibility index (Phi) is 5.54. The molecule has 0 spiro atoms. The molecule has 0 saturated carbocycles. The Morgan fingerprint density at radius 3 is 2.93 bits per heavy atom. The number of hydrogen-bond donors (Lipinski definition) is 1. The topological polar surface area (TPSA) is 71.0 Å². The summed E-state index contributed by atoms with van der Waals surface area (Å²) >= 11 is 0. The van der Waals surface area contributed by atoms with Gasteiger partial charge in [0.1, 0.15) is 5.75 Å². The fourth-order valence-electron chi connectivity index (χ4n) is 3.17. The van der Waals surface area contributed by atoms with E-state index in [9.17, 15) is 9.59 Å². The minimum absolute atomic E-state index is 0.0595. The average Bonchev–Trinajstić information content (AvgIpc) is 3.17. The molecule has 1 aromatic rings. The number of rotatable bonds is 6. The van der Waals surface area contributed by atoms with Gasteiger partial charge in [-0.25, -0.2) is 0 Å². The molecule has 27 heavy (non-hydrogen) atoms. The highest BCUT2D eigenvalue weighted by Gasteiger charge is 2.35. The summed E-state index contributed by atoms with van der Waals surface area (Å²) in [7, 11) is 1.59. The molecule has 0 fully saturated rings. The molecule has 1 unspecified atom stereocenters. The molecule has 2 heterocycles. The van der Waals surface area contributed by atoms with Crippen LogP contribution in [0.2, 0.25) is 0 Å². The van der Waals surface area contributed by atoms with Gasteiger partial charge in [-0.3, -0.25) is 14.6 Å². The Bertz CT molecular complexity index is 881. The van der Waals surface area contributed by atoms with Crippen LogP contribution >= 0.6 is 0 Å². The summed E-state index contributed by atoms with van der Waals surface area (Å²) in [6.07, 6.45) is 9.14. The highest BCUT2D eigenvalue weighted by Crippen LogP contribution is 2.38.